The largest absolute Gasteiger partial charge is 0.376 e. The molecule has 1 nitrogen and oxygen atoms in total. The Bertz CT molecular complexity index is 601. The Morgan fingerprint density at radius 2 is 1.95 bits per heavy atom. The Labute approximate surface area is 125 Å². The van der Waals surface area contributed by atoms with Crippen LogP contribution < -0.4 is 5.32 Å². The first-order chi connectivity index (χ1) is 8.97. The van der Waals surface area contributed by atoms with Crippen molar-refractivity contribution in [3.63, 3.8) is 0 Å². The summed E-state index contributed by atoms with van der Waals surface area (Å²) in [5, 5.41) is 3.79. The number of rotatable bonds is 3. The van der Waals surface area contributed by atoms with Gasteiger partial charge in [0.1, 0.15) is 5.82 Å². The molecule has 0 saturated carbocycles. The molecule has 0 bridgehead atoms. The predicted molar refractivity (Wildman–Crippen MR) is 82.3 cm³/mol. The van der Waals surface area contributed by atoms with Crippen LogP contribution in [0.5, 0.6) is 0 Å². The standard InChI is InChI=1S/C15H14BrClFN/c1-9-3-6-15(14(18)7-9)19-10(2)12-5-4-11(16)8-13(12)17/h3-8,10,19H,1-2H3. The van der Waals surface area contributed by atoms with Crippen LogP contribution in [0.3, 0.4) is 0 Å². The zero-order valence-electron chi connectivity index (χ0n) is 10.7. The SMILES string of the molecule is Cc1ccc(NC(C)c2ccc(Br)cc2Cl)c(F)c1. The fraction of sp³-hybridized carbons (Fsp3) is 0.200. The first-order valence-electron chi connectivity index (χ1n) is 5.95. The molecule has 2 rings (SSSR count). The highest BCUT2D eigenvalue weighted by atomic mass is 79.9. The lowest BCUT2D eigenvalue weighted by atomic mass is 10.1. The molecule has 0 aliphatic carbocycles. The van der Waals surface area contributed by atoms with Gasteiger partial charge in [-0.1, -0.05) is 39.7 Å². The Hall–Kier alpha value is -1.06. The third kappa shape index (κ3) is 3.48. The maximum Gasteiger partial charge on any atom is 0.146 e. The third-order valence-electron chi connectivity index (χ3n) is 2.93. The topological polar surface area (TPSA) is 12.0 Å². The van der Waals surface area contributed by atoms with E-state index in [2.05, 4.69) is 21.2 Å². The Morgan fingerprint density at radius 3 is 2.58 bits per heavy atom. The van der Waals surface area contributed by atoms with E-state index in [4.69, 9.17) is 11.6 Å². The number of halogens is 3. The fourth-order valence-corrected chi connectivity index (χ4v) is 2.74. The van der Waals surface area contributed by atoms with Crippen LogP contribution in [-0.4, -0.2) is 0 Å². The second kappa shape index (κ2) is 5.93. The number of nitrogens with one attached hydrogen (secondary N) is 1. The van der Waals surface area contributed by atoms with Crippen molar-refractivity contribution in [2.24, 2.45) is 0 Å². The van der Waals surface area contributed by atoms with E-state index in [0.717, 1.165) is 15.6 Å². The molecule has 0 aliphatic rings. The van der Waals surface area contributed by atoms with Crippen LogP contribution in [0.1, 0.15) is 24.1 Å². The van der Waals surface area contributed by atoms with Crippen molar-refractivity contribution in [2.75, 3.05) is 5.32 Å². The molecule has 19 heavy (non-hydrogen) atoms. The minimum atomic E-state index is -0.250. The highest BCUT2D eigenvalue weighted by Gasteiger charge is 2.12. The van der Waals surface area contributed by atoms with Gasteiger partial charge in [-0.2, -0.15) is 0 Å². The molecule has 2 aromatic rings. The van der Waals surface area contributed by atoms with Gasteiger partial charge in [0.25, 0.3) is 0 Å². The maximum absolute atomic E-state index is 13.8. The molecule has 0 heterocycles. The lowest BCUT2D eigenvalue weighted by molar-refractivity contribution is 0.626. The summed E-state index contributed by atoms with van der Waals surface area (Å²) in [6.45, 7) is 3.82. The van der Waals surface area contributed by atoms with Gasteiger partial charge in [-0.15, -0.1) is 0 Å². The van der Waals surface area contributed by atoms with E-state index >= 15 is 0 Å². The van der Waals surface area contributed by atoms with Crippen molar-refractivity contribution in [3.05, 3.63) is 62.8 Å². The van der Waals surface area contributed by atoms with E-state index in [9.17, 15) is 4.39 Å². The lowest BCUT2D eigenvalue weighted by Gasteiger charge is -2.18. The average molecular weight is 343 g/mol. The summed E-state index contributed by atoms with van der Waals surface area (Å²) in [6, 6.07) is 10.7. The Balaban J connectivity index is 2.23. The van der Waals surface area contributed by atoms with Gasteiger partial charge < -0.3 is 5.32 Å². The summed E-state index contributed by atoms with van der Waals surface area (Å²) in [7, 11) is 0. The number of anilines is 1. The molecule has 0 spiro atoms. The number of hydrogen-bond donors (Lipinski definition) is 1. The number of aryl methyl sites for hydroxylation is 1. The molecule has 0 amide bonds. The molecule has 1 unspecified atom stereocenters. The van der Waals surface area contributed by atoms with Crippen LogP contribution in [0.4, 0.5) is 10.1 Å². The van der Waals surface area contributed by atoms with Gasteiger partial charge in [-0.05, 0) is 49.2 Å². The van der Waals surface area contributed by atoms with Crippen LogP contribution in [0.15, 0.2) is 40.9 Å². The monoisotopic (exact) mass is 341 g/mol. The zero-order chi connectivity index (χ0) is 14.0. The van der Waals surface area contributed by atoms with E-state index in [1.165, 1.54) is 6.07 Å². The molecule has 4 heteroatoms. The van der Waals surface area contributed by atoms with Crippen LogP contribution in [-0.2, 0) is 0 Å². The van der Waals surface area contributed by atoms with Crippen molar-refractivity contribution in [2.45, 2.75) is 19.9 Å². The molecule has 0 radical (unpaired) electrons. The minimum Gasteiger partial charge on any atom is -0.376 e. The van der Waals surface area contributed by atoms with Crippen LogP contribution >= 0.6 is 27.5 Å². The summed E-state index contributed by atoms with van der Waals surface area (Å²) in [5.41, 5.74) is 2.32. The highest BCUT2D eigenvalue weighted by Crippen LogP contribution is 2.29. The molecule has 0 aromatic heterocycles. The average Bonchev–Trinajstić information content (AvgIpc) is 2.32. The smallest absolute Gasteiger partial charge is 0.146 e. The van der Waals surface area contributed by atoms with Gasteiger partial charge in [0.05, 0.1) is 11.7 Å². The summed E-state index contributed by atoms with van der Waals surface area (Å²) in [4.78, 5) is 0. The molecule has 0 fully saturated rings. The number of benzene rings is 2. The Morgan fingerprint density at radius 1 is 1.21 bits per heavy atom. The van der Waals surface area contributed by atoms with E-state index in [-0.39, 0.29) is 11.9 Å². The Kier molecular flexibility index (Phi) is 4.48. The molecule has 2 aromatic carbocycles. The molecule has 1 N–H and O–H groups in total. The fourth-order valence-electron chi connectivity index (χ4n) is 1.90. The summed E-state index contributed by atoms with van der Waals surface area (Å²) < 4.78 is 14.7. The van der Waals surface area contributed by atoms with Crippen molar-refractivity contribution in [3.8, 4) is 0 Å². The van der Waals surface area contributed by atoms with Crippen LogP contribution in [0.25, 0.3) is 0 Å². The van der Waals surface area contributed by atoms with Gasteiger partial charge in [0, 0.05) is 9.50 Å². The second-order valence-electron chi connectivity index (χ2n) is 4.52. The van der Waals surface area contributed by atoms with E-state index in [1.807, 2.05) is 38.1 Å². The predicted octanol–water partition coefficient (Wildman–Crippen LogP) is 5.72. The van der Waals surface area contributed by atoms with E-state index in [1.54, 1.807) is 6.07 Å². The van der Waals surface area contributed by atoms with E-state index in [0.29, 0.717) is 10.7 Å². The van der Waals surface area contributed by atoms with Crippen molar-refractivity contribution in [1.82, 2.24) is 0 Å². The lowest BCUT2D eigenvalue weighted by Crippen LogP contribution is -2.08. The van der Waals surface area contributed by atoms with Gasteiger partial charge in [-0.3, -0.25) is 0 Å². The molecule has 0 saturated heterocycles. The normalized spacial score (nSPS) is 12.3. The first-order valence-corrected chi connectivity index (χ1v) is 7.12. The number of hydrogen-bond acceptors (Lipinski definition) is 1. The molecule has 100 valence electrons. The third-order valence-corrected chi connectivity index (χ3v) is 3.75. The van der Waals surface area contributed by atoms with Crippen LogP contribution in [0.2, 0.25) is 5.02 Å². The van der Waals surface area contributed by atoms with Gasteiger partial charge in [0.2, 0.25) is 0 Å². The molecule has 1 atom stereocenters. The van der Waals surface area contributed by atoms with Crippen molar-refractivity contribution in [1.29, 1.82) is 0 Å². The summed E-state index contributed by atoms with van der Waals surface area (Å²) >= 11 is 9.56. The highest BCUT2D eigenvalue weighted by molar-refractivity contribution is 9.10. The molecular formula is C15H14BrClFN. The summed E-state index contributed by atoms with van der Waals surface area (Å²) in [6.07, 6.45) is 0. The van der Waals surface area contributed by atoms with Crippen molar-refractivity contribution < 1.29 is 4.39 Å². The van der Waals surface area contributed by atoms with Gasteiger partial charge >= 0.3 is 0 Å². The van der Waals surface area contributed by atoms with Crippen molar-refractivity contribution >= 4 is 33.2 Å². The van der Waals surface area contributed by atoms with Gasteiger partial charge in [-0.25, -0.2) is 4.39 Å². The van der Waals surface area contributed by atoms with E-state index < -0.39 is 0 Å². The molecule has 0 aliphatic heterocycles. The second-order valence-corrected chi connectivity index (χ2v) is 5.84. The maximum atomic E-state index is 13.8. The zero-order valence-corrected chi connectivity index (χ0v) is 13.0. The van der Waals surface area contributed by atoms with Crippen LogP contribution in [0, 0.1) is 12.7 Å². The quantitative estimate of drug-likeness (QED) is 0.752. The van der Waals surface area contributed by atoms with Gasteiger partial charge in [0.15, 0.2) is 0 Å². The summed E-state index contributed by atoms with van der Waals surface area (Å²) in [5.74, 6) is -0.250. The first kappa shape index (κ1) is 14.4. The minimum absolute atomic E-state index is 0.0715. The molecular weight excluding hydrogens is 329 g/mol.